The standard InChI is InChI=1S/C11H14ClNO3/c1-11(2,3)16-10(14)15-9-5-4-8(6-12)13-7-9/h4-5,7H,6H2,1-3H3. The van der Waals surface area contributed by atoms with Crippen molar-refractivity contribution in [2.75, 3.05) is 0 Å². The van der Waals surface area contributed by atoms with E-state index in [0.29, 0.717) is 11.6 Å². The largest absolute Gasteiger partial charge is 0.514 e. The fourth-order valence-electron chi connectivity index (χ4n) is 0.917. The Morgan fingerprint density at radius 2 is 2.12 bits per heavy atom. The molecule has 0 fully saturated rings. The zero-order valence-electron chi connectivity index (χ0n) is 9.49. The van der Waals surface area contributed by atoms with Gasteiger partial charge >= 0.3 is 6.16 Å². The van der Waals surface area contributed by atoms with E-state index in [1.807, 2.05) is 0 Å². The first-order valence-corrected chi connectivity index (χ1v) is 5.36. The minimum Gasteiger partial charge on any atom is -0.428 e. The summed E-state index contributed by atoms with van der Waals surface area (Å²) in [5.41, 5.74) is 0.152. The molecule has 0 aromatic carbocycles. The van der Waals surface area contributed by atoms with Gasteiger partial charge in [0.2, 0.25) is 0 Å². The zero-order valence-corrected chi connectivity index (χ0v) is 10.2. The zero-order chi connectivity index (χ0) is 12.2. The van der Waals surface area contributed by atoms with Crippen LogP contribution >= 0.6 is 11.6 Å². The first-order valence-electron chi connectivity index (χ1n) is 4.82. The molecule has 5 heteroatoms. The normalized spacial score (nSPS) is 11.0. The van der Waals surface area contributed by atoms with E-state index in [1.54, 1.807) is 32.9 Å². The number of hydrogen-bond donors (Lipinski definition) is 0. The van der Waals surface area contributed by atoms with E-state index in [9.17, 15) is 4.79 Å². The van der Waals surface area contributed by atoms with Crippen LogP contribution in [0.5, 0.6) is 5.75 Å². The molecule has 0 unspecified atom stereocenters. The molecule has 1 aromatic heterocycles. The average molecular weight is 244 g/mol. The highest BCUT2D eigenvalue weighted by atomic mass is 35.5. The number of carbonyl (C=O) groups excluding carboxylic acids is 1. The van der Waals surface area contributed by atoms with Gasteiger partial charge in [0.15, 0.2) is 5.75 Å². The van der Waals surface area contributed by atoms with Crippen LogP contribution in [0.4, 0.5) is 4.79 Å². The maximum absolute atomic E-state index is 11.3. The third-order valence-electron chi connectivity index (χ3n) is 1.53. The number of ether oxygens (including phenoxy) is 2. The Balaban J connectivity index is 2.56. The van der Waals surface area contributed by atoms with Gasteiger partial charge in [-0.1, -0.05) is 0 Å². The minimum absolute atomic E-state index is 0.326. The van der Waals surface area contributed by atoms with Gasteiger partial charge in [0.05, 0.1) is 17.8 Å². The van der Waals surface area contributed by atoms with Crippen molar-refractivity contribution in [1.82, 2.24) is 4.98 Å². The second kappa shape index (κ2) is 5.16. The number of pyridine rings is 1. The van der Waals surface area contributed by atoms with Gasteiger partial charge in [-0.2, -0.15) is 0 Å². The van der Waals surface area contributed by atoms with E-state index in [2.05, 4.69) is 4.98 Å². The molecule has 0 aliphatic carbocycles. The Labute approximate surface area is 99.5 Å². The summed E-state index contributed by atoms with van der Waals surface area (Å²) in [6.45, 7) is 5.30. The lowest BCUT2D eigenvalue weighted by molar-refractivity contribution is 0.0205. The number of carbonyl (C=O) groups is 1. The number of aromatic nitrogens is 1. The first kappa shape index (κ1) is 12.8. The van der Waals surface area contributed by atoms with Gasteiger partial charge in [-0.15, -0.1) is 11.6 Å². The van der Waals surface area contributed by atoms with Gasteiger partial charge in [-0.3, -0.25) is 4.98 Å². The molecule has 0 saturated heterocycles. The Morgan fingerprint density at radius 1 is 1.44 bits per heavy atom. The van der Waals surface area contributed by atoms with Crippen molar-refractivity contribution >= 4 is 17.8 Å². The van der Waals surface area contributed by atoms with Crippen molar-refractivity contribution < 1.29 is 14.3 Å². The Morgan fingerprint density at radius 3 is 2.56 bits per heavy atom. The van der Waals surface area contributed by atoms with Gasteiger partial charge in [0.25, 0.3) is 0 Å². The predicted molar refractivity (Wildman–Crippen MR) is 60.7 cm³/mol. The lowest BCUT2D eigenvalue weighted by Gasteiger charge is -2.18. The van der Waals surface area contributed by atoms with Gasteiger partial charge < -0.3 is 9.47 Å². The van der Waals surface area contributed by atoms with Crippen LogP contribution in [-0.2, 0) is 10.6 Å². The molecule has 0 N–H and O–H groups in total. The van der Waals surface area contributed by atoms with Gasteiger partial charge in [-0.25, -0.2) is 4.79 Å². The van der Waals surface area contributed by atoms with Gasteiger partial charge in [0.1, 0.15) is 5.60 Å². The van der Waals surface area contributed by atoms with Crippen LogP contribution in [0.25, 0.3) is 0 Å². The summed E-state index contributed by atoms with van der Waals surface area (Å²) in [5.74, 6) is 0.662. The van der Waals surface area contributed by atoms with Crippen LogP contribution in [0.1, 0.15) is 26.5 Å². The third-order valence-corrected chi connectivity index (χ3v) is 1.80. The van der Waals surface area contributed by atoms with E-state index >= 15 is 0 Å². The maximum Gasteiger partial charge on any atom is 0.514 e. The minimum atomic E-state index is -0.743. The molecule has 0 bridgehead atoms. The third kappa shape index (κ3) is 4.49. The fraction of sp³-hybridized carbons (Fsp3) is 0.455. The van der Waals surface area contributed by atoms with E-state index in [-0.39, 0.29) is 0 Å². The molecule has 0 aliphatic heterocycles. The summed E-state index contributed by atoms with van der Waals surface area (Å²) in [5, 5.41) is 0. The van der Waals surface area contributed by atoms with Crippen LogP contribution < -0.4 is 4.74 Å². The van der Waals surface area contributed by atoms with Crippen LogP contribution in [0, 0.1) is 0 Å². The summed E-state index contributed by atoms with van der Waals surface area (Å²) < 4.78 is 9.91. The monoisotopic (exact) mass is 243 g/mol. The van der Waals surface area contributed by atoms with E-state index in [4.69, 9.17) is 21.1 Å². The SMILES string of the molecule is CC(C)(C)OC(=O)Oc1ccc(CCl)nc1. The second-order valence-electron chi connectivity index (χ2n) is 4.19. The molecule has 88 valence electrons. The molecule has 0 atom stereocenters. The fourth-order valence-corrected chi connectivity index (χ4v) is 1.08. The molecule has 0 saturated carbocycles. The van der Waals surface area contributed by atoms with E-state index < -0.39 is 11.8 Å². The number of hydrogen-bond acceptors (Lipinski definition) is 4. The van der Waals surface area contributed by atoms with Crippen molar-refractivity contribution in [3.05, 3.63) is 24.0 Å². The molecule has 1 rings (SSSR count). The molecule has 4 nitrogen and oxygen atoms in total. The summed E-state index contributed by atoms with van der Waals surface area (Å²) in [7, 11) is 0. The number of rotatable bonds is 2. The van der Waals surface area contributed by atoms with Crippen molar-refractivity contribution in [3.8, 4) is 5.75 Å². The van der Waals surface area contributed by atoms with Crippen LogP contribution in [0.3, 0.4) is 0 Å². The van der Waals surface area contributed by atoms with Crippen molar-refractivity contribution in [2.45, 2.75) is 32.3 Å². The van der Waals surface area contributed by atoms with E-state index in [0.717, 1.165) is 5.69 Å². The Bertz CT molecular complexity index is 356. The highest BCUT2D eigenvalue weighted by molar-refractivity contribution is 6.16. The Kier molecular flexibility index (Phi) is 4.12. The van der Waals surface area contributed by atoms with Crippen molar-refractivity contribution in [1.29, 1.82) is 0 Å². The van der Waals surface area contributed by atoms with Gasteiger partial charge in [-0.05, 0) is 32.9 Å². The van der Waals surface area contributed by atoms with Gasteiger partial charge in [0, 0.05) is 0 Å². The maximum atomic E-state index is 11.3. The average Bonchev–Trinajstić information content (AvgIpc) is 2.16. The van der Waals surface area contributed by atoms with Crippen LogP contribution in [-0.4, -0.2) is 16.7 Å². The summed E-state index contributed by atoms with van der Waals surface area (Å²) >= 11 is 5.58. The molecule has 1 aromatic rings. The molecule has 16 heavy (non-hydrogen) atoms. The topological polar surface area (TPSA) is 48.4 Å². The molecule has 0 radical (unpaired) electrons. The highest BCUT2D eigenvalue weighted by Crippen LogP contribution is 2.14. The first-order chi connectivity index (χ1) is 7.40. The summed E-state index contributed by atoms with van der Waals surface area (Å²) in [6, 6.07) is 3.31. The second-order valence-corrected chi connectivity index (χ2v) is 4.45. The van der Waals surface area contributed by atoms with E-state index in [1.165, 1.54) is 6.20 Å². The molecule has 0 spiro atoms. The predicted octanol–water partition coefficient (Wildman–Crippen LogP) is 3.13. The molecular weight excluding hydrogens is 230 g/mol. The number of alkyl halides is 1. The van der Waals surface area contributed by atoms with Crippen LogP contribution in [0.2, 0.25) is 0 Å². The molecule has 0 amide bonds. The molecular formula is C11H14ClNO3. The summed E-state index contributed by atoms with van der Waals surface area (Å²) in [4.78, 5) is 15.3. The highest BCUT2D eigenvalue weighted by Gasteiger charge is 2.17. The smallest absolute Gasteiger partial charge is 0.428 e. The number of halogens is 1. The van der Waals surface area contributed by atoms with Crippen molar-refractivity contribution in [2.24, 2.45) is 0 Å². The Hall–Kier alpha value is -1.29. The van der Waals surface area contributed by atoms with Crippen LogP contribution in [0.15, 0.2) is 18.3 Å². The summed E-state index contributed by atoms with van der Waals surface area (Å²) in [6.07, 6.45) is 0.690. The lowest BCUT2D eigenvalue weighted by Crippen LogP contribution is -2.26. The number of nitrogens with zero attached hydrogens (tertiary/aromatic N) is 1. The van der Waals surface area contributed by atoms with Crippen molar-refractivity contribution in [3.63, 3.8) is 0 Å². The lowest BCUT2D eigenvalue weighted by atomic mass is 10.2. The molecule has 1 heterocycles. The quantitative estimate of drug-likeness (QED) is 0.591. The molecule has 0 aliphatic rings.